The summed E-state index contributed by atoms with van der Waals surface area (Å²) in [4.78, 5) is 24.4. The van der Waals surface area contributed by atoms with Crippen LogP contribution >= 0.6 is 15.9 Å². The quantitative estimate of drug-likeness (QED) is 0.647. The third-order valence-corrected chi connectivity index (χ3v) is 4.46. The van der Waals surface area contributed by atoms with Crippen molar-refractivity contribution in [1.82, 2.24) is 20.6 Å². The van der Waals surface area contributed by atoms with Crippen LogP contribution in [0.4, 0.5) is 0 Å². The van der Waals surface area contributed by atoms with E-state index in [2.05, 4.69) is 31.9 Å². The lowest BCUT2D eigenvalue weighted by Gasteiger charge is -2.08. The fourth-order valence-corrected chi connectivity index (χ4v) is 2.70. The van der Waals surface area contributed by atoms with E-state index >= 15 is 0 Å². The molecule has 132 valence electrons. The molecule has 1 aromatic heterocycles. The van der Waals surface area contributed by atoms with Crippen molar-refractivity contribution in [1.29, 1.82) is 0 Å². The fourth-order valence-electron chi connectivity index (χ4n) is 2.43. The molecule has 3 aromatic rings. The first-order valence-electron chi connectivity index (χ1n) is 7.93. The zero-order chi connectivity index (χ0) is 18.7. The number of nitrogens with zero attached hydrogens (tertiary/aromatic N) is 2. The Balaban J connectivity index is 1.69. The Kier molecular flexibility index (Phi) is 5.18. The fraction of sp³-hybridized carbons (Fsp3) is 0.105. The Morgan fingerprint density at radius 2 is 1.54 bits per heavy atom. The summed E-state index contributed by atoms with van der Waals surface area (Å²) in [6.45, 7) is 3.81. The summed E-state index contributed by atoms with van der Waals surface area (Å²) < 4.78 is 2.56. The molecule has 1 heterocycles. The highest BCUT2D eigenvalue weighted by atomic mass is 79.9. The monoisotopic (exact) mass is 412 g/mol. The molecule has 0 saturated heterocycles. The van der Waals surface area contributed by atoms with Crippen LogP contribution in [0.1, 0.15) is 32.0 Å². The van der Waals surface area contributed by atoms with Gasteiger partial charge in [0.15, 0.2) is 0 Å². The highest BCUT2D eigenvalue weighted by Crippen LogP contribution is 2.15. The van der Waals surface area contributed by atoms with Gasteiger partial charge in [0.25, 0.3) is 11.8 Å². The van der Waals surface area contributed by atoms with Crippen LogP contribution in [-0.2, 0) is 0 Å². The number of hydrogen-bond donors (Lipinski definition) is 2. The molecule has 7 heteroatoms. The van der Waals surface area contributed by atoms with Gasteiger partial charge in [-0.05, 0) is 50.2 Å². The molecule has 2 aromatic carbocycles. The van der Waals surface area contributed by atoms with Gasteiger partial charge in [-0.15, -0.1) is 0 Å². The van der Waals surface area contributed by atoms with Crippen molar-refractivity contribution in [2.24, 2.45) is 0 Å². The van der Waals surface area contributed by atoms with Crippen LogP contribution in [0.5, 0.6) is 0 Å². The molecule has 0 aliphatic heterocycles. The number of aromatic nitrogens is 2. The van der Waals surface area contributed by atoms with Gasteiger partial charge in [0.05, 0.1) is 23.1 Å². The lowest BCUT2D eigenvalue weighted by molar-refractivity contribution is 0.0846. The largest absolute Gasteiger partial charge is 0.273 e. The number of aryl methyl sites for hydroxylation is 1. The van der Waals surface area contributed by atoms with E-state index in [1.54, 1.807) is 35.9 Å². The van der Waals surface area contributed by atoms with Crippen LogP contribution in [0.15, 0.2) is 59.2 Å². The highest BCUT2D eigenvalue weighted by molar-refractivity contribution is 9.10. The number of rotatable bonds is 3. The number of hydrogen-bond acceptors (Lipinski definition) is 3. The van der Waals surface area contributed by atoms with Crippen molar-refractivity contribution in [2.45, 2.75) is 13.8 Å². The van der Waals surface area contributed by atoms with Gasteiger partial charge in [-0.3, -0.25) is 20.4 Å². The molecule has 0 radical (unpaired) electrons. The molecule has 0 atom stereocenters. The number of hydrazine groups is 1. The molecule has 0 spiro atoms. The molecule has 0 fully saturated rings. The molecule has 0 unspecified atom stereocenters. The molecule has 0 saturated carbocycles. The predicted molar refractivity (Wildman–Crippen MR) is 102 cm³/mol. The summed E-state index contributed by atoms with van der Waals surface area (Å²) in [6.07, 6.45) is 1.48. The number of carbonyl (C=O) groups is 2. The summed E-state index contributed by atoms with van der Waals surface area (Å²) in [5, 5.41) is 4.27. The molecule has 0 aliphatic rings. The van der Waals surface area contributed by atoms with Crippen LogP contribution in [0.25, 0.3) is 5.69 Å². The Bertz CT molecular complexity index is 947. The molecule has 26 heavy (non-hydrogen) atoms. The van der Waals surface area contributed by atoms with Gasteiger partial charge in [-0.25, -0.2) is 4.68 Å². The van der Waals surface area contributed by atoms with Crippen molar-refractivity contribution >= 4 is 27.7 Å². The van der Waals surface area contributed by atoms with E-state index in [0.717, 1.165) is 15.7 Å². The first-order chi connectivity index (χ1) is 12.5. The topological polar surface area (TPSA) is 76.0 Å². The SMILES string of the molecule is Cc1ccc(-n2ncc(C(=O)NNC(=O)c3ccc(Br)cc3)c2C)cc1. The summed E-state index contributed by atoms with van der Waals surface area (Å²) >= 11 is 3.31. The standard InChI is InChI=1S/C19H17BrN4O2/c1-12-3-9-16(10-4-12)24-13(2)17(11-21-24)19(26)23-22-18(25)14-5-7-15(20)8-6-14/h3-11H,1-2H3,(H,22,25)(H,23,26). The van der Waals surface area contributed by atoms with Crippen molar-refractivity contribution in [3.63, 3.8) is 0 Å². The Morgan fingerprint density at radius 3 is 2.19 bits per heavy atom. The summed E-state index contributed by atoms with van der Waals surface area (Å²) in [6, 6.07) is 14.7. The third-order valence-electron chi connectivity index (χ3n) is 3.93. The first-order valence-corrected chi connectivity index (χ1v) is 8.73. The molecule has 0 aliphatic carbocycles. The number of carbonyl (C=O) groups excluding carboxylic acids is 2. The van der Waals surface area contributed by atoms with Gasteiger partial charge < -0.3 is 0 Å². The van der Waals surface area contributed by atoms with E-state index in [1.807, 2.05) is 31.2 Å². The minimum absolute atomic E-state index is 0.390. The Hall–Kier alpha value is -2.93. The second-order valence-corrected chi connectivity index (χ2v) is 6.72. The minimum Gasteiger partial charge on any atom is -0.267 e. The molecular weight excluding hydrogens is 396 g/mol. The number of benzene rings is 2. The van der Waals surface area contributed by atoms with Crippen molar-refractivity contribution in [3.8, 4) is 5.69 Å². The second-order valence-electron chi connectivity index (χ2n) is 5.81. The van der Waals surface area contributed by atoms with Gasteiger partial charge in [0, 0.05) is 10.0 Å². The lowest BCUT2D eigenvalue weighted by Crippen LogP contribution is -2.41. The second kappa shape index (κ2) is 7.53. The van der Waals surface area contributed by atoms with Crippen LogP contribution in [-0.4, -0.2) is 21.6 Å². The maximum Gasteiger partial charge on any atom is 0.273 e. The smallest absolute Gasteiger partial charge is 0.267 e. The van der Waals surface area contributed by atoms with E-state index in [-0.39, 0.29) is 0 Å². The van der Waals surface area contributed by atoms with Crippen LogP contribution < -0.4 is 10.9 Å². The van der Waals surface area contributed by atoms with Gasteiger partial charge >= 0.3 is 0 Å². The van der Waals surface area contributed by atoms with E-state index < -0.39 is 11.8 Å². The van der Waals surface area contributed by atoms with E-state index in [9.17, 15) is 9.59 Å². The zero-order valence-corrected chi connectivity index (χ0v) is 15.9. The molecule has 3 rings (SSSR count). The molecular formula is C19H17BrN4O2. The molecule has 2 amide bonds. The third kappa shape index (κ3) is 3.83. The van der Waals surface area contributed by atoms with Gasteiger partial charge in [-0.1, -0.05) is 33.6 Å². The van der Waals surface area contributed by atoms with Crippen LogP contribution in [0.2, 0.25) is 0 Å². The molecule has 0 bridgehead atoms. The Morgan fingerprint density at radius 1 is 0.923 bits per heavy atom. The summed E-state index contributed by atoms with van der Waals surface area (Å²) in [5.41, 5.74) is 8.36. The average molecular weight is 413 g/mol. The van der Waals surface area contributed by atoms with Crippen molar-refractivity contribution < 1.29 is 9.59 Å². The van der Waals surface area contributed by atoms with Crippen LogP contribution in [0, 0.1) is 13.8 Å². The molecule has 6 nitrogen and oxygen atoms in total. The number of nitrogens with one attached hydrogen (secondary N) is 2. The van der Waals surface area contributed by atoms with Gasteiger partial charge in [0.1, 0.15) is 0 Å². The van der Waals surface area contributed by atoms with Gasteiger partial charge in [-0.2, -0.15) is 5.10 Å². The van der Waals surface area contributed by atoms with Crippen LogP contribution in [0.3, 0.4) is 0 Å². The predicted octanol–water partition coefficient (Wildman–Crippen LogP) is 3.33. The highest BCUT2D eigenvalue weighted by Gasteiger charge is 2.16. The van der Waals surface area contributed by atoms with Crippen molar-refractivity contribution in [2.75, 3.05) is 0 Å². The van der Waals surface area contributed by atoms with Gasteiger partial charge in [0.2, 0.25) is 0 Å². The maximum atomic E-state index is 12.4. The van der Waals surface area contributed by atoms with E-state index in [0.29, 0.717) is 16.8 Å². The van der Waals surface area contributed by atoms with Crippen molar-refractivity contribution in [3.05, 3.63) is 81.6 Å². The van der Waals surface area contributed by atoms with E-state index in [1.165, 1.54) is 6.20 Å². The maximum absolute atomic E-state index is 12.4. The number of amides is 2. The zero-order valence-electron chi connectivity index (χ0n) is 14.3. The Labute approximate surface area is 159 Å². The summed E-state index contributed by atoms with van der Waals surface area (Å²) in [5.74, 6) is -0.819. The van der Waals surface area contributed by atoms with E-state index in [4.69, 9.17) is 0 Å². The first kappa shape index (κ1) is 17.9. The lowest BCUT2D eigenvalue weighted by atomic mass is 10.2. The normalized spacial score (nSPS) is 10.4. The summed E-state index contributed by atoms with van der Waals surface area (Å²) in [7, 11) is 0. The molecule has 2 N–H and O–H groups in total. The average Bonchev–Trinajstić information content (AvgIpc) is 3.02. The number of halogens is 1. The minimum atomic E-state index is -0.425.